The third-order valence-corrected chi connectivity index (χ3v) is 3.85. The maximum absolute atomic E-state index is 6.11. The summed E-state index contributed by atoms with van der Waals surface area (Å²) >= 11 is 0. The lowest BCUT2D eigenvalue weighted by atomic mass is 9.80. The highest BCUT2D eigenvalue weighted by Gasteiger charge is 2.32. The molecular weight excluding hydrogens is 232 g/mol. The predicted molar refractivity (Wildman–Crippen MR) is 78.2 cm³/mol. The lowest BCUT2D eigenvalue weighted by Crippen LogP contribution is -2.29. The van der Waals surface area contributed by atoms with E-state index < -0.39 is 0 Å². The molecule has 96 valence electrons. The molecular formula is C18H18O. The van der Waals surface area contributed by atoms with E-state index in [0.717, 1.165) is 0 Å². The molecule has 0 N–H and O–H groups in total. The smallest absolute Gasteiger partial charge is 0.0870 e. The van der Waals surface area contributed by atoms with Crippen LogP contribution in [0, 0.1) is 0 Å². The van der Waals surface area contributed by atoms with Crippen LogP contribution in [0.25, 0.3) is 0 Å². The summed E-state index contributed by atoms with van der Waals surface area (Å²) in [4.78, 5) is 0. The number of fused-ring (bicyclic) bond motifs is 1. The Bertz CT molecular complexity index is 573. The number of rotatable bonds is 2. The van der Waals surface area contributed by atoms with Gasteiger partial charge in [0.1, 0.15) is 0 Å². The molecule has 0 saturated heterocycles. The van der Waals surface area contributed by atoms with Gasteiger partial charge in [-0.05, 0) is 23.6 Å². The van der Waals surface area contributed by atoms with E-state index in [9.17, 15) is 0 Å². The fourth-order valence-corrected chi connectivity index (χ4v) is 2.95. The molecule has 0 bridgehead atoms. The van der Waals surface area contributed by atoms with Crippen molar-refractivity contribution in [3.8, 4) is 0 Å². The second-order valence-corrected chi connectivity index (χ2v) is 5.00. The van der Waals surface area contributed by atoms with Crippen molar-refractivity contribution in [2.24, 2.45) is 0 Å². The van der Waals surface area contributed by atoms with E-state index in [2.05, 4.69) is 62.0 Å². The molecule has 0 fully saturated rings. The molecule has 0 spiro atoms. The molecule has 1 nitrogen and oxygen atoms in total. The minimum Gasteiger partial charge on any atom is -0.366 e. The Hall–Kier alpha value is -1.86. The van der Waals surface area contributed by atoms with Crippen LogP contribution in [-0.2, 0) is 4.74 Å². The topological polar surface area (TPSA) is 9.23 Å². The maximum atomic E-state index is 6.11. The molecule has 3 atom stereocenters. The van der Waals surface area contributed by atoms with Crippen LogP contribution in [0.5, 0.6) is 0 Å². The summed E-state index contributed by atoms with van der Waals surface area (Å²) in [5.41, 5.74) is 3.93. The summed E-state index contributed by atoms with van der Waals surface area (Å²) in [7, 11) is 0. The standard InChI is InChI=1S/C18H18O/c1-3-17-18(14-9-5-4-6-10-14)16-12-8-7-11-15(16)13(2)19-17/h3-13,17-18H,1H2,2H3/t13-,17+,18+/m0/s1. The van der Waals surface area contributed by atoms with E-state index in [1.807, 2.05) is 12.1 Å². The molecule has 2 aromatic carbocycles. The van der Waals surface area contributed by atoms with Gasteiger partial charge in [-0.1, -0.05) is 60.7 Å². The van der Waals surface area contributed by atoms with Crippen molar-refractivity contribution in [2.45, 2.75) is 25.0 Å². The van der Waals surface area contributed by atoms with Gasteiger partial charge in [0.15, 0.2) is 0 Å². The first-order valence-electron chi connectivity index (χ1n) is 6.73. The van der Waals surface area contributed by atoms with Crippen LogP contribution in [0.3, 0.4) is 0 Å². The fraction of sp³-hybridized carbons (Fsp3) is 0.222. The van der Waals surface area contributed by atoms with Crippen LogP contribution in [0.2, 0.25) is 0 Å². The molecule has 2 aromatic rings. The van der Waals surface area contributed by atoms with E-state index in [1.165, 1.54) is 16.7 Å². The normalized spacial score (nSPS) is 25.6. The van der Waals surface area contributed by atoms with E-state index in [0.29, 0.717) is 0 Å². The summed E-state index contributed by atoms with van der Waals surface area (Å²) in [6, 6.07) is 19.1. The van der Waals surface area contributed by atoms with E-state index in [4.69, 9.17) is 4.74 Å². The first-order valence-corrected chi connectivity index (χ1v) is 6.73. The minimum absolute atomic E-state index is 0.0345. The number of ether oxygens (including phenoxy) is 1. The van der Waals surface area contributed by atoms with Crippen molar-refractivity contribution in [1.29, 1.82) is 0 Å². The molecule has 1 heteroatoms. The average molecular weight is 250 g/mol. The van der Waals surface area contributed by atoms with Crippen LogP contribution >= 0.6 is 0 Å². The summed E-state index contributed by atoms with van der Waals surface area (Å²) < 4.78 is 6.11. The second-order valence-electron chi connectivity index (χ2n) is 5.00. The van der Waals surface area contributed by atoms with Gasteiger partial charge in [-0.2, -0.15) is 0 Å². The van der Waals surface area contributed by atoms with Gasteiger partial charge in [0.25, 0.3) is 0 Å². The molecule has 0 radical (unpaired) electrons. The molecule has 1 heterocycles. The Morgan fingerprint density at radius 3 is 2.26 bits per heavy atom. The van der Waals surface area contributed by atoms with Gasteiger partial charge in [0, 0.05) is 5.92 Å². The summed E-state index contributed by atoms with van der Waals surface area (Å²) in [5.74, 6) is 0.242. The zero-order valence-corrected chi connectivity index (χ0v) is 11.1. The molecule has 0 saturated carbocycles. The van der Waals surface area contributed by atoms with Crippen LogP contribution in [0.15, 0.2) is 67.3 Å². The molecule has 0 aliphatic carbocycles. The highest BCUT2D eigenvalue weighted by molar-refractivity contribution is 5.42. The molecule has 0 amide bonds. The molecule has 19 heavy (non-hydrogen) atoms. The van der Waals surface area contributed by atoms with E-state index >= 15 is 0 Å². The molecule has 0 aromatic heterocycles. The van der Waals surface area contributed by atoms with Crippen molar-refractivity contribution in [1.82, 2.24) is 0 Å². The van der Waals surface area contributed by atoms with E-state index in [-0.39, 0.29) is 18.1 Å². The lowest BCUT2D eigenvalue weighted by molar-refractivity contribution is 0.00138. The first kappa shape index (κ1) is 12.2. The maximum Gasteiger partial charge on any atom is 0.0870 e. The van der Waals surface area contributed by atoms with Crippen molar-refractivity contribution < 1.29 is 4.74 Å². The lowest BCUT2D eigenvalue weighted by Gasteiger charge is -2.36. The number of benzene rings is 2. The van der Waals surface area contributed by atoms with Gasteiger partial charge in [-0.15, -0.1) is 6.58 Å². The molecule has 1 aliphatic rings. The summed E-state index contributed by atoms with van der Waals surface area (Å²) in [5, 5.41) is 0. The zero-order chi connectivity index (χ0) is 13.2. The third-order valence-electron chi connectivity index (χ3n) is 3.85. The van der Waals surface area contributed by atoms with Gasteiger partial charge in [-0.25, -0.2) is 0 Å². The predicted octanol–water partition coefficient (Wildman–Crippen LogP) is 4.46. The largest absolute Gasteiger partial charge is 0.366 e. The van der Waals surface area contributed by atoms with Crippen molar-refractivity contribution in [3.63, 3.8) is 0 Å². The fourth-order valence-electron chi connectivity index (χ4n) is 2.95. The van der Waals surface area contributed by atoms with Crippen LogP contribution in [-0.4, -0.2) is 6.10 Å². The third kappa shape index (κ3) is 2.11. The van der Waals surface area contributed by atoms with Gasteiger partial charge < -0.3 is 4.74 Å². The van der Waals surface area contributed by atoms with Gasteiger partial charge in [0.2, 0.25) is 0 Å². The SMILES string of the molecule is C=C[C@H]1O[C@@H](C)c2ccccc2[C@H]1c1ccccc1. The Morgan fingerprint density at radius 2 is 1.58 bits per heavy atom. The Morgan fingerprint density at radius 1 is 0.947 bits per heavy atom. The Balaban J connectivity index is 2.15. The summed E-state index contributed by atoms with van der Waals surface area (Å²) in [6.45, 7) is 6.05. The monoisotopic (exact) mass is 250 g/mol. The van der Waals surface area contributed by atoms with Crippen LogP contribution < -0.4 is 0 Å². The van der Waals surface area contributed by atoms with Gasteiger partial charge in [-0.3, -0.25) is 0 Å². The Kier molecular flexibility index (Phi) is 3.22. The number of hydrogen-bond donors (Lipinski definition) is 0. The van der Waals surface area contributed by atoms with E-state index in [1.54, 1.807) is 0 Å². The van der Waals surface area contributed by atoms with Gasteiger partial charge in [0.05, 0.1) is 12.2 Å². The quantitative estimate of drug-likeness (QED) is 0.715. The molecule has 0 unspecified atom stereocenters. The van der Waals surface area contributed by atoms with Crippen LogP contribution in [0.1, 0.15) is 35.6 Å². The highest BCUT2D eigenvalue weighted by Crippen LogP contribution is 2.41. The van der Waals surface area contributed by atoms with Crippen molar-refractivity contribution >= 4 is 0 Å². The zero-order valence-electron chi connectivity index (χ0n) is 11.1. The first-order chi connectivity index (χ1) is 9.31. The van der Waals surface area contributed by atoms with Crippen LogP contribution in [0.4, 0.5) is 0 Å². The number of hydrogen-bond acceptors (Lipinski definition) is 1. The summed E-state index contributed by atoms with van der Waals surface area (Å²) in [6.07, 6.45) is 2.08. The second kappa shape index (κ2) is 5.02. The Labute approximate surface area is 114 Å². The average Bonchev–Trinajstić information content (AvgIpc) is 2.48. The minimum atomic E-state index is 0.0345. The van der Waals surface area contributed by atoms with Crippen molar-refractivity contribution in [2.75, 3.05) is 0 Å². The van der Waals surface area contributed by atoms with Crippen molar-refractivity contribution in [3.05, 3.63) is 83.9 Å². The molecule has 1 aliphatic heterocycles. The van der Waals surface area contributed by atoms with Gasteiger partial charge >= 0.3 is 0 Å². The highest BCUT2D eigenvalue weighted by atomic mass is 16.5. The molecule has 3 rings (SSSR count).